The van der Waals surface area contributed by atoms with Crippen LogP contribution in [0.4, 0.5) is 0 Å². The number of hydrogen-bond acceptors (Lipinski definition) is 5. The molecule has 1 amide bonds. The Hall–Kier alpha value is -3.03. The van der Waals surface area contributed by atoms with E-state index in [4.69, 9.17) is 15.0 Å². The Morgan fingerprint density at radius 2 is 1.93 bits per heavy atom. The SMILES string of the molecule is CCNC(=NCc1c(CC)noc1CC)NCCc1ccc(OCC(N)=O)cc1. The molecule has 1 aromatic heterocycles. The molecule has 0 aliphatic carbocycles. The predicted molar refractivity (Wildman–Crippen MR) is 113 cm³/mol. The minimum Gasteiger partial charge on any atom is -0.484 e. The van der Waals surface area contributed by atoms with Crippen LogP contribution in [0.1, 0.15) is 43.4 Å². The molecule has 2 rings (SSSR count). The molecule has 4 N–H and O–H groups in total. The number of primary amides is 1. The predicted octanol–water partition coefficient (Wildman–Crippen LogP) is 1.96. The van der Waals surface area contributed by atoms with E-state index in [0.717, 1.165) is 60.9 Å². The molecule has 8 nitrogen and oxygen atoms in total. The monoisotopic (exact) mass is 401 g/mol. The van der Waals surface area contributed by atoms with Crippen LogP contribution >= 0.6 is 0 Å². The lowest BCUT2D eigenvalue weighted by Crippen LogP contribution is -2.38. The Morgan fingerprint density at radius 3 is 2.55 bits per heavy atom. The van der Waals surface area contributed by atoms with E-state index in [1.54, 1.807) is 0 Å². The third-order valence-electron chi connectivity index (χ3n) is 4.36. The van der Waals surface area contributed by atoms with Crippen LogP contribution in [0.25, 0.3) is 0 Å². The number of ether oxygens (including phenoxy) is 1. The van der Waals surface area contributed by atoms with Crippen molar-refractivity contribution in [3.05, 3.63) is 46.8 Å². The lowest BCUT2D eigenvalue weighted by Gasteiger charge is -2.12. The molecule has 0 saturated heterocycles. The number of hydrogen-bond donors (Lipinski definition) is 3. The molecular formula is C21H31N5O3. The molecule has 0 radical (unpaired) electrons. The van der Waals surface area contributed by atoms with Gasteiger partial charge in [-0.15, -0.1) is 0 Å². The third-order valence-corrected chi connectivity index (χ3v) is 4.36. The molecule has 0 aliphatic rings. The Balaban J connectivity index is 1.90. The molecule has 0 unspecified atom stereocenters. The summed E-state index contributed by atoms with van der Waals surface area (Å²) in [6.07, 6.45) is 2.46. The van der Waals surface area contributed by atoms with E-state index in [-0.39, 0.29) is 6.61 Å². The van der Waals surface area contributed by atoms with Crippen molar-refractivity contribution < 1.29 is 14.1 Å². The first kappa shape index (κ1) is 22.3. The quantitative estimate of drug-likeness (QED) is 0.392. The van der Waals surface area contributed by atoms with Crippen molar-refractivity contribution in [2.45, 2.75) is 46.6 Å². The number of nitrogens with zero attached hydrogens (tertiary/aromatic N) is 2. The lowest BCUT2D eigenvalue weighted by atomic mass is 10.1. The zero-order valence-corrected chi connectivity index (χ0v) is 17.5. The first-order valence-corrected chi connectivity index (χ1v) is 10.1. The fourth-order valence-corrected chi connectivity index (χ4v) is 2.85. The fourth-order valence-electron chi connectivity index (χ4n) is 2.85. The number of nitrogens with one attached hydrogen (secondary N) is 2. The van der Waals surface area contributed by atoms with Crippen molar-refractivity contribution >= 4 is 11.9 Å². The highest BCUT2D eigenvalue weighted by molar-refractivity contribution is 5.79. The topological polar surface area (TPSA) is 115 Å². The molecule has 0 aliphatic heterocycles. The summed E-state index contributed by atoms with van der Waals surface area (Å²) in [4.78, 5) is 15.5. The maximum Gasteiger partial charge on any atom is 0.255 e. The molecule has 0 spiro atoms. The van der Waals surface area contributed by atoms with Gasteiger partial charge in [-0.25, -0.2) is 4.99 Å². The second-order valence-electron chi connectivity index (χ2n) is 6.51. The largest absolute Gasteiger partial charge is 0.484 e. The summed E-state index contributed by atoms with van der Waals surface area (Å²) in [7, 11) is 0. The minimum atomic E-state index is -0.489. The average molecular weight is 402 g/mol. The van der Waals surface area contributed by atoms with Gasteiger partial charge in [0.15, 0.2) is 12.6 Å². The van der Waals surface area contributed by atoms with Gasteiger partial charge in [0.1, 0.15) is 11.5 Å². The van der Waals surface area contributed by atoms with E-state index in [9.17, 15) is 4.79 Å². The standard InChI is InChI=1S/C21H31N5O3/c1-4-18-17(19(5-2)29-26-18)13-25-21(23-6-3)24-12-11-15-7-9-16(10-8-15)28-14-20(22)27/h7-10H,4-6,11-14H2,1-3H3,(H2,22,27)(H2,23,24,25). The highest BCUT2D eigenvalue weighted by atomic mass is 16.5. The van der Waals surface area contributed by atoms with E-state index >= 15 is 0 Å². The van der Waals surface area contributed by atoms with Gasteiger partial charge < -0.3 is 25.6 Å². The van der Waals surface area contributed by atoms with Crippen LogP contribution in [0.5, 0.6) is 5.75 Å². The molecule has 29 heavy (non-hydrogen) atoms. The first-order chi connectivity index (χ1) is 14.1. The second kappa shape index (κ2) is 11.7. The van der Waals surface area contributed by atoms with Crippen molar-refractivity contribution in [2.75, 3.05) is 19.7 Å². The Labute approximate surface area is 171 Å². The summed E-state index contributed by atoms with van der Waals surface area (Å²) in [6, 6.07) is 7.62. The Morgan fingerprint density at radius 1 is 1.17 bits per heavy atom. The highest BCUT2D eigenvalue weighted by Crippen LogP contribution is 2.17. The first-order valence-electron chi connectivity index (χ1n) is 10.1. The molecule has 0 saturated carbocycles. The maximum absolute atomic E-state index is 10.8. The number of amides is 1. The number of carbonyl (C=O) groups excluding carboxylic acids is 1. The van der Waals surface area contributed by atoms with E-state index in [0.29, 0.717) is 12.3 Å². The Bertz CT molecular complexity index is 778. The van der Waals surface area contributed by atoms with Crippen LogP contribution in [0, 0.1) is 0 Å². The molecular weight excluding hydrogens is 370 g/mol. The molecule has 1 aromatic carbocycles. The third kappa shape index (κ3) is 7.14. The second-order valence-corrected chi connectivity index (χ2v) is 6.51. The molecule has 158 valence electrons. The number of rotatable bonds is 11. The van der Waals surface area contributed by atoms with Crippen LogP contribution in [0.3, 0.4) is 0 Å². The summed E-state index contributed by atoms with van der Waals surface area (Å²) in [5, 5.41) is 10.8. The molecule has 0 fully saturated rings. The van der Waals surface area contributed by atoms with Gasteiger partial charge in [0.2, 0.25) is 0 Å². The van der Waals surface area contributed by atoms with Gasteiger partial charge in [-0.1, -0.05) is 31.1 Å². The summed E-state index contributed by atoms with van der Waals surface area (Å²) in [5.41, 5.74) is 8.29. The van der Waals surface area contributed by atoms with Crippen LogP contribution in [0.15, 0.2) is 33.8 Å². The minimum absolute atomic E-state index is 0.116. The number of guanidine groups is 1. The van der Waals surface area contributed by atoms with Gasteiger partial charge >= 0.3 is 0 Å². The van der Waals surface area contributed by atoms with E-state index in [2.05, 4.69) is 34.6 Å². The van der Waals surface area contributed by atoms with E-state index in [1.807, 2.05) is 31.2 Å². The van der Waals surface area contributed by atoms with E-state index in [1.165, 1.54) is 0 Å². The number of aromatic nitrogens is 1. The van der Waals surface area contributed by atoms with Crippen LogP contribution < -0.4 is 21.1 Å². The summed E-state index contributed by atoms with van der Waals surface area (Å²) < 4.78 is 10.7. The highest BCUT2D eigenvalue weighted by Gasteiger charge is 2.13. The number of aliphatic imine (C=N–C) groups is 1. The number of carbonyl (C=O) groups is 1. The van der Waals surface area contributed by atoms with Gasteiger partial charge in [0, 0.05) is 25.1 Å². The fraction of sp³-hybridized carbons (Fsp3) is 0.476. The van der Waals surface area contributed by atoms with Crippen molar-refractivity contribution in [2.24, 2.45) is 10.7 Å². The van der Waals surface area contributed by atoms with Gasteiger partial charge in [0.25, 0.3) is 5.91 Å². The molecule has 0 atom stereocenters. The number of benzene rings is 1. The summed E-state index contributed by atoms with van der Waals surface area (Å²) >= 11 is 0. The van der Waals surface area contributed by atoms with Crippen molar-refractivity contribution in [3.63, 3.8) is 0 Å². The summed E-state index contributed by atoms with van der Waals surface area (Å²) in [5.74, 6) is 1.80. The van der Waals surface area contributed by atoms with Crippen molar-refractivity contribution in [3.8, 4) is 5.75 Å². The van der Waals surface area contributed by atoms with Gasteiger partial charge in [-0.3, -0.25) is 4.79 Å². The summed E-state index contributed by atoms with van der Waals surface area (Å²) in [6.45, 7) is 8.10. The average Bonchev–Trinajstić information content (AvgIpc) is 3.13. The van der Waals surface area contributed by atoms with Crippen LogP contribution in [-0.2, 0) is 30.6 Å². The Kier molecular flexibility index (Phi) is 9.01. The van der Waals surface area contributed by atoms with Crippen molar-refractivity contribution in [1.29, 1.82) is 0 Å². The van der Waals surface area contributed by atoms with Crippen LogP contribution in [0.2, 0.25) is 0 Å². The molecule has 2 aromatic rings. The van der Waals surface area contributed by atoms with Crippen molar-refractivity contribution in [1.82, 2.24) is 15.8 Å². The number of nitrogens with two attached hydrogens (primary N) is 1. The smallest absolute Gasteiger partial charge is 0.255 e. The zero-order chi connectivity index (χ0) is 21.1. The number of aryl methyl sites for hydroxylation is 2. The zero-order valence-electron chi connectivity index (χ0n) is 17.5. The van der Waals surface area contributed by atoms with Gasteiger partial charge in [-0.05, 0) is 37.5 Å². The lowest BCUT2D eigenvalue weighted by molar-refractivity contribution is -0.119. The maximum atomic E-state index is 10.8. The van der Waals surface area contributed by atoms with Gasteiger partial charge in [-0.2, -0.15) is 0 Å². The molecule has 0 bridgehead atoms. The van der Waals surface area contributed by atoms with E-state index < -0.39 is 5.91 Å². The van der Waals surface area contributed by atoms with Crippen LogP contribution in [-0.4, -0.2) is 36.7 Å². The normalized spacial score (nSPS) is 11.3. The molecule has 8 heteroatoms. The molecule has 1 heterocycles. The van der Waals surface area contributed by atoms with Gasteiger partial charge in [0.05, 0.1) is 12.2 Å².